The maximum absolute atomic E-state index is 11.8. The quantitative estimate of drug-likeness (QED) is 0.538. The normalized spacial score (nSPS) is 11.3. The largest absolute Gasteiger partial charge is 0.441 e. The highest BCUT2D eigenvalue weighted by atomic mass is 35.5. The molecule has 3 aromatic heterocycles. The second-order valence-corrected chi connectivity index (χ2v) is 7.05. The van der Waals surface area contributed by atoms with E-state index in [0.717, 1.165) is 17.0 Å². The summed E-state index contributed by atoms with van der Waals surface area (Å²) in [6.45, 7) is 1.88. The van der Waals surface area contributed by atoms with Crippen LogP contribution in [-0.2, 0) is 12.8 Å². The molecule has 0 aliphatic carbocycles. The van der Waals surface area contributed by atoms with E-state index < -0.39 is 0 Å². The van der Waals surface area contributed by atoms with Crippen molar-refractivity contribution in [1.82, 2.24) is 24.5 Å². The summed E-state index contributed by atoms with van der Waals surface area (Å²) < 4.78 is 7.57. The fraction of sp³-hybridized carbons (Fsp3) is 0.176. The highest BCUT2D eigenvalue weighted by molar-refractivity contribution is 7.98. The van der Waals surface area contributed by atoms with E-state index in [4.69, 9.17) is 16.0 Å². The second kappa shape index (κ2) is 6.62. The van der Waals surface area contributed by atoms with Crippen molar-refractivity contribution in [1.29, 1.82) is 0 Å². The summed E-state index contributed by atoms with van der Waals surface area (Å²) in [7, 11) is 1.83. The maximum Gasteiger partial charge on any atom is 0.278 e. The van der Waals surface area contributed by atoms with Gasteiger partial charge in [-0.25, -0.2) is 15.0 Å². The van der Waals surface area contributed by atoms with Crippen LogP contribution >= 0.6 is 23.4 Å². The van der Waals surface area contributed by atoms with E-state index in [1.54, 1.807) is 16.7 Å². The fourth-order valence-electron chi connectivity index (χ4n) is 2.53. The smallest absolute Gasteiger partial charge is 0.278 e. The average Bonchev–Trinajstić information content (AvgIpc) is 3.15. The Bertz CT molecular complexity index is 1150. The number of hydrogen-bond acceptors (Lipinski definition) is 6. The topological polar surface area (TPSA) is 89.6 Å². The van der Waals surface area contributed by atoms with Crippen molar-refractivity contribution in [3.05, 3.63) is 57.4 Å². The van der Waals surface area contributed by atoms with Crippen LogP contribution in [-0.4, -0.2) is 24.5 Å². The molecule has 0 aliphatic heterocycles. The number of imidazole rings is 1. The van der Waals surface area contributed by atoms with E-state index in [1.807, 2.05) is 26.1 Å². The van der Waals surface area contributed by atoms with E-state index in [9.17, 15) is 4.79 Å². The highest BCUT2D eigenvalue weighted by Crippen LogP contribution is 2.28. The molecule has 132 valence electrons. The van der Waals surface area contributed by atoms with Gasteiger partial charge < -0.3 is 14.0 Å². The van der Waals surface area contributed by atoms with E-state index in [2.05, 4.69) is 19.9 Å². The van der Waals surface area contributed by atoms with Crippen molar-refractivity contribution in [2.75, 3.05) is 0 Å². The molecule has 0 bridgehead atoms. The van der Waals surface area contributed by atoms with Gasteiger partial charge >= 0.3 is 0 Å². The Labute approximate surface area is 157 Å². The molecule has 1 N–H and O–H groups in total. The Morgan fingerprint density at radius 1 is 1.27 bits per heavy atom. The molecule has 3 heterocycles. The number of nitrogens with zero attached hydrogens (tertiary/aromatic N) is 4. The molecule has 0 aliphatic rings. The van der Waals surface area contributed by atoms with Gasteiger partial charge in [0.2, 0.25) is 5.89 Å². The Morgan fingerprint density at radius 2 is 2.04 bits per heavy atom. The number of aryl methyl sites for hydroxylation is 2. The number of thioether (sulfide) groups is 1. The van der Waals surface area contributed by atoms with Gasteiger partial charge in [-0.05, 0) is 31.2 Å². The van der Waals surface area contributed by atoms with Crippen LogP contribution in [0.3, 0.4) is 0 Å². The van der Waals surface area contributed by atoms with Gasteiger partial charge in [-0.3, -0.25) is 4.79 Å². The molecule has 9 heteroatoms. The Kier molecular flexibility index (Phi) is 4.29. The van der Waals surface area contributed by atoms with E-state index in [0.29, 0.717) is 33.0 Å². The third-order valence-corrected chi connectivity index (χ3v) is 5.24. The molecule has 1 aromatic carbocycles. The van der Waals surface area contributed by atoms with Crippen LogP contribution in [0, 0.1) is 6.92 Å². The number of nitrogens with one attached hydrogen (secondary N) is 1. The lowest BCUT2D eigenvalue weighted by Gasteiger charge is -2.00. The van der Waals surface area contributed by atoms with E-state index in [1.165, 1.54) is 18.1 Å². The van der Waals surface area contributed by atoms with Gasteiger partial charge in [0, 0.05) is 23.4 Å². The SMILES string of the molecule is Cc1oc(-c2ccc(Cl)cc2)nc1CSc1nc2c(=O)[nH]cnc2n1C. The lowest BCUT2D eigenvalue weighted by Crippen LogP contribution is -2.06. The van der Waals surface area contributed by atoms with Crippen molar-refractivity contribution in [3.63, 3.8) is 0 Å². The number of hydrogen-bond donors (Lipinski definition) is 1. The summed E-state index contributed by atoms with van der Waals surface area (Å²) in [5, 5.41) is 1.36. The molecule has 7 nitrogen and oxygen atoms in total. The van der Waals surface area contributed by atoms with Gasteiger partial charge in [-0.15, -0.1) is 0 Å². The lowest BCUT2D eigenvalue weighted by molar-refractivity contribution is 0.540. The minimum absolute atomic E-state index is 0.250. The van der Waals surface area contributed by atoms with E-state index >= 15 is 0 Å². The summed E-state index contributed by atoms with van der Waals surface area (Å²) in [5.41, 5.74) is 2.33. The number of H-pyrrole nitrogens is 1. The number of fused-ring (bicyclic) bond motifs is 1. The van der Waals surface area contributed by atoms with Gasteiger partial charge in [0.1, 0.15) is 5.76 Å². The number of rotatable bonds is 4. The minimum Gasteiger partial charge on any atom is -0.441 e. The van der Waals surface area contributed by atoms with Crippen LogP contribution < -0.4 is 5.56 Å². The van der Waals surface area contributed by atoms with Crippen LogP contribution in [0.4, 0.5) is 0 Å². The summed E-state index contributed by atoms with van der Waals surface area (Å²) in [4.78, 5) is 27.5. The highest BCUT2D eigenvalue weighted by Gasteiger charge is 2.15. The molecule has 4 aromatic rings. The molecule has 0 amide bonds. The Balaban J connectivity index is 1.59. The molecule has 0 atom stereocenters. The lowest BCUT2D eigenvalue weighted by atomic mass is 10.2. The van der Waals surface area contributed by atoms with Gasteiger partial charge in [-0.1, -0.05) is 23.4 Å². The summed E-state index contributed by atoms with van der Waals surface area (Å²) >= 11 is 7.39. The van der Waals surface area contributed by atoms with Crippen LogP contribution in [0.2, 0.25) is 5.02 Å². The molecular weight excluding hydrogens is 374 g/mol. The standard InChI is InChI=1S/C17H14ClN5O2S/c1-9-12(21-16(25-9)10-3-5-11(18)6-4-10)7-26-17-22-13-14(23(17)2)19-8-20-15(13)24/h3-6,8H,7H2,1-2H3,(H,19,20,24). The number of aromatic amines is 1. The third kappa shape index (κ3) is 3.02. The maximum atomic E-state index is 11.8. The zero-order chi connectivity index (χ0) is 18.3. The molecule has 0 radical (unpaired) electrons. The fourth-order valence-corrected chi connectivity index (χ4v) is 3.63. The molecule has 0 spiro atoms. The molecular formula is C17H14ClN5O2S. The molecule has 26 heavy (non-hydrogen) atoms. The van der Waals surface area contributed by atoms with Crippen LogP contribution in [0.25, 0.3) is 22.6 Å². The number of oxazole rings is 1. The predicted molar refractivity (Wildman–Crippen MR) is 100 cm³/mol. The molecule has 0 saturated heterocycles. The zero-order valence-corrected chi connectivity index (χ0v) is 15.6. The summed E-state index contributed by atoms with van der Waals surface area (Å²) in [6.07, 6.45) is 1.38. The number of aromatic nitrogens is 5. The second-order valence-electron chi connectivity index (χ2n) is 5.67. The number of benzene rings is 1. The van der Waals surface area contributed by atoms with Crippen LogP contribution in [0.1, 0.15) is 11.5 Å². The first-order chi connectivity index (χ1) is 12.5. The first-order valence-corrected chi connectivity index (χ1v) is 9.14. The monoisotopic (exact) mass is 387 g/mol. The van der Waals surface area contributed by atoms with Crippen molar-refractivity contribution in [2.24, 2.45) is 7.05 Å². The summed E-state index contributed by atoms with van der Waals surface area (Å²) in [6, 6.07) is 7.34. The van der Waals surface area contributed by atoms with Gasteiger partial charge in [0.05, 0.1) is 12.0 Å². The van der Waals surface area contributed by atoms with Crippen molar-refractivity contribution < 1.29 is 4.42 Å². The van der Waals surface area contributed by atoms with E-state index in [-0.39, 0.29) is 5.56 Å². The van der Waals surface area contributed by atoms with Crippen LogP contribution in [0.15, 0.2) is 45.0 Å². The van der Waals surface area contributed by atoms with Gasteiger partial charge in [-0.2, -0.15) is 0 Å². The summed E-state index contributed by atoms with van der Waals surface area (Å²) in [5.74, 6) is 1.87. The molecule has 0 unspecified atom stereocenters. The number of halogens is 1. The van der Waals surface area contributed by atoms with Gasteiger partial charge in [0.15, 0.2) is 16.3 Å². The average molecular weight is 388 g/mol. The molecule has 4 rings (SSSR count). The van der Waals surface area contributed by atoms with Gasteiger partial charge in [0.25, 0.3) is 5.56 Å². The molecule has 0 saturated carbocycles. The van der Waals surface area contributed by atoms with Crippen molar-refractivity contribution in [2.45, 2.75) is 17.8 Å². The first-order valence-electron chi connectivity index (χ1n) is 7.78. The molecule has 0 fully saturated rings. The Hall–Kier alpha value is -2.58. The third-order valence-electron chi connectivity index (χ3n) is 3.94. The minimum atomic E-state index is -0.250. The Morgan fingerprint density at radius 3 is 2.77 bits per heavy atom. The predicted octanol–water partition coefficient (Wildman–Crippen LogP) is 3.57. The zero-order valence-electron chi connectivity index (χ0n) is 14.0. The van der Waals surface area contributed by atoms with Crippen molar-refractivity contribution >= 4 is 34.5 Å². The van der Waals surface area contributed by atoms with Crippen molar-refractivity contribution in [3.8, 4) is 11.5 Å². The first kappa shape index (κ1) is 16.9. The van der Waals surface area contributed by atoms with Crippen LogP contribution in [0.5, 0.6) is 0 Å².